The van der Waals surface area contributed by atoms with Gasteiger partial charge in [-0.2, -0.15) is 0 Å². The van der Waals surface area contributed by atoms with Gasteiger partial charge in [0.2, 0.25) is 0 Å². The van der Waals surface area contributed by atoms with Crippen LogP contribution in [0, 0.1) is 0 Å². The van der Waals surface area contributed by atoms with Crippen molar-refractivity contribution in [1.82, 2.24) is 10.3 Å². The van der Waals surface area contributed by atoms with E-state index in [4.69, 9.17) is 16.3 Å². The van der Waals surface area contributed by atoms with Crippen molar-refractivity contribution in [3.8, 4) is 11.1 Å². The second kappa shape index (κ2) is 7.64. The van der Waals surface area contributed by atoms with Gasteiger partial charge in [-0.25, -0.2) is 4.79 Å². The number of carbonyl (C=O) groups excluding carboxylic acids is 1. The molecule has 2 aromatic rings. The first-order chi connectivity index (χ1) is 11.3. The summed E-state index contributed by atoms with van der Waals surface area (Å²) in [7, 11) is 0. The molecule has 0 saturated heterocycles. The van der Waals surface area contributed by atoms with E-state index in [0.717, 1.165) is 16.7 Å². The molecule has 6 heteroatoms. The van der Waals surface area contributed by atoms with Crippen LogP contribution in [0.4, 0.5) is 4.79 Å². The number of halogens is 1. The Balaban J connectivity index is 2.13. The lowest BCUT2D eigenvalue weighted by Gasteiger charge is -2.23. The Bertz CT molecular complexity index is 696. The third-order valence-corrected chi connectivity index (χ3v) is 3.57. The first-order valence-corrected chi connectivity index (χ1v) is 7.98. The minimum atomic E-state index is -0.591. The molecule has 5 nitrogen and oxygen atoms in total. The number of aliphatic hydroxyl groups is 1. The molecule has 1 aromatic carbocycles. The quantitative estimate of drug-likeness (QED) is 0.877. The van der Waals surface area contributed by atoms with Gasteiger partial charge in [-0.1, -0.05) is 35.9 Å². The summed E-state index contributed by atoms with van der Waals surface area (Å²) in [4.78, 5) is 15.8. The van der Waals surface area contributed by atoms with Gasteiger partial charge in [-0.05, 0) is 38.0 Å². The number of ether oxygens (including phenoxy) is 1. The van der Waals surface area contributed by atoms with Crippen molar-refractivity contribution in [1.29, 1.82) is 0 Å². The number of aromatic nitrogens is 1. The van der Waals surface area contributed by atoms with Crippen molar-refractivity contribution in [2.75, 3.05) is 6.61 Å². The highest BCUT2D eigenvalue weighted by Gasteiger charge is 2.20. The van der Waals surface area contributed by atoms with Gasteiger partial charge in [0.25, 0.3) is 0 Å². The molecule has 0 aliphatic heterocycles. The summed E-state index contributed by atoms with van der Waals surface area (Å²) in [5.74, 6) is 0. The number of carbonyl (C=O) groups is 1. The molecule has 1 amide bonds. The Morgan fingerprint density at radius 3 is 2.50 bits per heavy atom. The lowest BCUT2D eigenvalue weighted by molar-refractivity contribution is 0.0482. The van der Waals surface area contributed by atoms with E-state index in [2.05, 4.69) is 10.3 Å². The number of benzene rings is 1. The molecule has 0 unspecified atom stereocenters. The fourth-order valence-corrected chi connectivity index (χ4v) is 2.42. The van der Waals surface area contributed by atoms with E-state index in [1.54, 1.807) is 33.2 Å². The first kappa shape index (κ1) is 18.2. The minimum Gasteiger partial charge on any atom is -0.444 e. The van der Waals surface area contributed by atoms with Gasteiger partial charge in [0.1, 0.15) is 5.60 Å². The number of nitrogens with zero attached hydrogens (tertiary/aromatic N) is 1. The van der Waals surface area contributed by atoms with E-state index in [1.165, 1.54) is 0 Å². The molecule has 1 aromatic heterocycles. The van der Waals surface area contributed by atoms with Crippen LogP contribution in [0.3, 0.4) is 0 Å². The van der Waals surface area contributed by atoms with Crippen LogP contribution in [0.2, 0.25) is 5.02 Å². The van der Waals surface area contributed by atoms with E-state index >= 15 is 0 Å². The van der Waals surface area contributed by atoms with Crippen LogP contribution < -0.4 is 5.32 Å². The number of aliphatic hydroxyl groups excluding tert-OH is 1. The average Bonchev–Trinajstić information content (AvgIpc) is 2.52. The predicted octanol–water partition coefficient (Wildman–Crippen LogP) is 3.96. The van der Waals surface area contributed by atoms with Crippen molar-refractivity contribution >= 4 is 17.7 Å². The lowest BCUT2D eigenvalue weighted by atomic mass is 10.0. The summed E-state index contributed by atoms with van der Waals surface area (Å²) in [6.07, 6.45) is 2.70. The molecule has 0 aliphatic carbocycles. The van der Waals surface area contributed by atoms with Gasteiger partial charge in [0, 0.05) is 18.0 Å². The summed E-state index contributed by atoms with van der Waals surface area (Å²) in [5, 5.41) is 12.8. The maximum Gasteiger partial charge on any atom is 0.408 e. The molecule has 1 heterocycles. The molecular weight excluding hydrogens is 328 g/mol. The summed E-state index contributed by atoms with van der Waals surface area (Å²) in [5.41, 5.74) is 1.99. The summed E-state index contributed by atoms with van der Waals surface area (Å²) < 4.78 is 5.21. The molecule has 0 bridgehead atoms. The van der Waals surface area contributed by atoms with Crippen LogP contribution in [-0.2, 0) is 4.74 Å². The van der Waals surface area contributed by atoms with Crippen molar-refractivity contribution < 1.29 is 14.6 Å². The highest BCUT2D eigenvalue weighted by atomic mass is 35.5. The molecule has 0 radical (unpaired) electrons. The molecule has 2 N–H and O–H groups in total. The fraction of sp³-hybridized carbons (Fsp3) is 0.333. The normalized spacial score (nSPS) is 12.5. The topological polar surface area (TPSA) is 71.5 Å². The van der Waals surface area contributed by atoms with E-state index in [1.807, 2.05) is 30.3 Å². The van der Waals surface area contributed by atoms with Gasteiger partial charge in [-0.3, -0.25) is 4.98 Å². The molecule has 1 atom stereocenters. The largest absolute Gasteiger partial charge is 0.444 e. The maximum atomic E-state index is 11.9. The van der Waals surface area contributed by atoms with Gasteiger partial charge in [0.15, 0.2) is 0 Å². The number of hydrogen-bond donors (Lipinski definition) is 2. The number of alkyl carbamates (subject to hydrolysis) is 1. The van der Waals surface area contributed by atoms with Crippen LogP contribution in [0.1, 0.15) is 32.4 Å². The zero-order chi connectivity index (χ0) is 17.7. The minimum absolute atomic E-state index is 0.228. The molecule has 0 spiro atoms. The van der Waals surface area contributed by atoms with Crippen molar-refractivity contribution in [2.45, 2.75) is 32.4 Å². The SMILES string of the molecule is CC(C)(C)OC(=O)N[C@@H](CO)c1ccc(-c2ccncc2Cl)cc1. The van der Waals surface area contributed by atoms with Crippen molar-refractivity contribution in [2.24, 2.45) is 0 Å². The number of hydrogen-bond acceptors (Lipinski definition) is 4. The highest BCUT2D eigenvalue weighted by Crippen LogP contribution is 2.27. The zero-order valence-corrected chi connectivity index (χ0v) is 14.7. The van der Waals surface area contributed by atoms with Crippen LogP contribution in [0.5, 0.6) is 0 Å². The molecular formula is C18H21ClN2O3. The molecule has 128 valence electrons. The van der Waals surface area contributed by atoms with Gasteiger partial charge >= 0.3 is 6.09 Å². The number of nitrogens with one attached hydrogen (secondary N) is 1. The fourth-order valence-electron chi connectivity index (χ4n) is 2.19. The molecule has 0 saturated carbocycles. The third-order valence-electron chi connectivity index (χ3n) is 3.27. The summed E-state index contributed by atoms with van der Waals surface area (Å²) >= 11 is 6.14. The van der Waals surface area contributed by atoms with Crippen molar-refractivity contribution in [3.05, 3.63) is 53.3 Å². The molecule has 24 heavy (non-hydrogen) atoms. The highest BCUT2D eigenvalue weighted by molar-refractivity contribution is 6.33. The van der Waals surface area contributed by atoms with E-state index in [0.29, 0.717) is 5.02 Å². The van der Waals surface area contributed by atoms with E-state index < -0.39 is 17.7 Å². The average molecular weight is 349 g/mol. The number of pyridine rings is 1. The summed E-state index contributed by atoms with van der Waals surface area (Å²) in [6, 6.07) is 8.74. The van der Waals surface area contributed by atoms with E-state index in [9.17, 15) is 9.90 Å². The second-order valence-electron chi connectivity index (χ2n) is 6.36. The van der Waals surface area contributed by atoms with Crippen LogP contribution >= 0.6 is 11.6 Å². The Morgan fingerprint density at radius 1 is 1.29 bits per heavy atom. The molecule has 0 aliphatic rings. The Hall–Kier alpha value is -2.11. The van der Waals surface area contributed by atoms with Gasteiger partial charge < -0.3 is 15.2 Å². The van der Waals surface area contributed by atoms with E-state index in [-0.39, 0.29) is 6.61 Å². The summed E-state index contributed by atoms with van der Waals surface area (Å²) in [6.45, 7) is 5.13. The molecule has 2 rings (SSSR count). The monoisotopic (exact) mass is 348 g/mol. The third kappa shape index (κ3) is 4.94. The maximum absolute atomic E-state index is 11.9. The predicted molar refractivity (Wildman–Crippen MR) is 93.9 cm³/mol. The number of amides is 1. The smallest absolute Gasteiger partial charge is 0.408 e. The second-order valence-corrected chi connectivity index (χ2v) is 6.77. The first-order valence-electron chi connectivity index (χ1n) is 7.60. The van der Waals surface area contributed by atoms with Crippen LogP contribution in [0.25, 0.3) is 11.1 Å². The Morgan fingerprint density at radius 2 is 1.96 bits per heavy atom. The van der Waals surface area contributed by atoms with Gasteiger partial charge in [0.05, 0.1) is 17.7 Å². The van der Waals surface area contributed by atoms with Crippen molar-refractivity contribution in [3.63, 3.8) is 0 Å². The zero-order valence-electron chi connectivity index (χ0n) is 13.9. The lowest BCUT2D eigenvalue weighted by Crippen LogP contribution is -2.36. The van der Waals surface area contributed by atoms with Gasteiger partial charge in [-0.15, -0.1) is 0 Å². The molecule has 0 fully saturated rings. The Kier molecular flexibility index (Phi) is 5.80. The van der Waals surface area contributed by atoms with Crippen LogP contribution in [-0.4, -0.2) is 28.4 Å². The number of rotatable bonds is 4. The standard InChI is InChI=1S/C18H21ClN2O3/c1-18(2,3)24-17(23)21-16(11-22)13-6-4-12(5-7-13)14-8-9-20-10-15(14)19/h4-10,16,22H,11H2,1-3H3,(H,21,23)/t16-/m0/s1. The van der Waals surface area contributed by atoms with Crippen LogP contribution in [0.15, 0.2) is 42.7 Å². The Labute approximate surface area is 146 Å².